The van der Waals surface area contributed by atoms with E-state index in [-0.39, 0.29) is 0 Å². The highest BCUT2D eigenvalue weighted by atomic mass is 32.1. The Bertz CT molecular complexity index is 610. The molecular formula is C12H12N4S2. The molecule has 1 atom stereocenters. The molecule has 92 valence electrons. The maximum Gasteiger partial charge on any atom is 0.101 e. The predicted molar refractivity (Wildman–Crippen MR) is 78.2 cm³/mol. The maximum atomic E-state index is 4.27. The van der Waals surface area contributed by atoms with Gasteiger partial charge in [-0.1, -0.05) is 6.92 Å². The van der Waals surface area contributed by atoms with Crippen LogP contribution in [0.25, 0.3) is 5.00 Å². The third kappa shape index (κ3) is 2.13. The maximum absolute atomic E-state index is 4.27. The smallest absolute Gasteiger partial charge is 0.101 e. The molecule has 0 fully saturated rings. The minimum atomic E-state index is 0.365. The Balaban J connectivity index is 1.94. The van der Waals surface area contributed by atoms with Crippen LogP contribution in [-0.2, 0) is 0 Å². The van der Waals surface area contributed by atoms with Crippen LogP contribution in [0.5, 0.6) is 0 Å². The number of nitrogens with zero attached hydrogens (tertiary/aromatic N) is 4. The first-order chi connectivity index (χ1) is 8.74. The fraction of sp³-hybridized carbons (Fsp3) is 0.250. The summed E-state index contributed by atoms with van der Waals surface area (Å²) in [7, 11) is 0. The van der Waals surface area contributed by atoms with Gasteiger partial charge in [0, 0.05) is 24.7 Å². The molecule has 0 N–H and O–H groups in total. The van der Waals surface area contributed by atoms with Gasteiger partial charge in [0.1, 0.15) is 5.00 Å². The van der Waals surface area contributed by atoms with Gasteiger partial charge < -0.3 is 0 Å². The summed E-state index contributed by atoms with van der Waals surface area (Å²) in [5.41, 5.74) is 1.05. The van der Waals surface area contributed by atoms with Crippen molar-refractivity contribution in [3.05, 3.63) is 35.7 Å². The number of thiol groups is 1. The predicted octanol–water partition coefficient (Wildman–Crippen LogP) is 3.01. The molecule has 0 saturated heterocycles. The van der Waals surface area contributed by atoms with E-state index in [1.54, 1.807) is 23.9 Å². The van der Waals surface area contributed by atoms with Gasteiger partial charge in [0.25, 0.3) is 0 Å². The van der Waals surface area contributed by atoms with Gasteiger partial charge in [-0.25, -0.2) is 4.98 Å². The molecule has 3 rings (SSSR count). The highest BCUT2D eigenvalue weighted by Gasteiger charge is 2.20. The Morgan fingerprint density at radius 2 is 2.28 bits per heavy atom. The lowest BCUT2D eigenvalue weighted by atomic mass is 10.0. The molecule has 1 aliphatic rings. The second-order valence-corrected chi connectivity index (χ2v) is 5.79. The summed E-state index contributed by atoms with van der Waals surface area (Å²) in [4.78, 5) is 5.22. The van der Waals surface area contributed by atoms with Gasteiger partial charge in [0.05, 0.1) is 22.0 Å². The van der Waals surface area contributed by atoms with Gasteiger partial charge in [-0.05, 0) is 12.1 Å². The first-order valence-corrected chi connectivity index (χ1v) is 6.92. The zero-order valence-corrected chi connectivity index (χ0v) is 11.5. The van der Waals surface area contributed by atoms with E-state index in [9.17, 15) is 0 Å². The third-order valence-corrected chi connectivity index (χ3v) is 4.23. The summed E-state index contributed by atoms with van der Waals surface area (Å²) in [6.07, 6.45) is 6.37. The lowest BCUT2D eigenvalue weighted by Gasteiger charge is -2.15. The number of thiophene rings is 1. The van der Waals surface area contributed by atoms with Crippen LogP contribution < -0.4 is 0 Å². The molecule has 0 radical (unpaired) electrons. The Morgan fingerprint density at radius 3 is 3.00 bits per heavy atom. The summed E-state index contributed by atoms with van der Waals surface area (Å²) < 4.78 is 2.00. The van der Waals surface area contributed by atoms with Crippen LogP contribution >= 0.6 is 24.0 Å². The number of imidazole rings is 1. The Labute approximate surface area is 115 Å². The molecule has 3 heterocycles. The van der Waals surface area contributed by atoms with E-state index in [1.807, 2.05) is 10.8 Å². The second kappa shape index (κ2) is 4.70. The van der Waals surface area contributed by atoms with Crippen LogP contribution in [0.1, 0.15) is 18.2 Å². The van der Waals surface area contributed by atoms with Crippen molar-refractivity contribution in [2.24, 2.45) is 16.1 Å². The van der Waals surface area contributed by atoms with Gasteiger partial charge in [-0.15, -0.1) is 29.1 Å². The largest absolute Gasteiger partial charge is 0.298 e. The average molecular weight is 276 g/mol. The third-order valence-electron chi connectivity index (χ3n) is 2.83. The normalized spacial score (nSPS) is 19.6. The number of rotatable bonds is 2. The van der Waals surface area contributed by atoms with E-state index >= 15 is 0 Å². The minimum Gasteiger partial charge on any atom is -0.298 e. The van der Waals surface area contributed by atoms with Gasteiger partial charge in [-0.3, -0.25) is 4.57 Å². The van der Waals surface area contributed by atoms with Gasteiger partial charge in [-0.2, -0.15) is 5.10 Å². The van der Waals surface area contributed by atoms with Gasteiger partial charge in [0.15, 0.2) is 0 Å². The summed E-state index contributed by atoms with van der Waals surface area (Å²) in [5, 5.41) is 10.3. The molecule has 1 unspecified atom stereocenters. The Kier molecular flexibility index (Phi) is 3.05. The van der Waals surface area contributed by atoms with E-state index in [0.29, 0.717) is 5.92 Å². The van der Waals surface area contributed by atoms with Crippen molar-refractivity contribution in [3.63, 3.8) is 0 Å². The highest BCUT2D eigenvalue weighted by Crippen LogP contribution is 2.27. The average Bonchev–Trinajstić information content (AvgIpc) is 2.99. The van der Waals surface area contributed by atoms with Crippen LogP contribution in [0, 0.1) is 5.92 Å². The summed E-state index contributed by atoms with van der Waals surface area (Å²) in [6.45, 7) is 2.15. The molecule has 0 amide bonds. The van der Waals surface area contributed by atoms with E-state index in [1.165, 1.54) is 0 Å². The first-order valence-electron chi connectivity index (χ1n) is 5.66. The number of aromatic nitrogens is 2. The lowest BCUT2D eigenvalue weighted by molar-refractivity contribution is 0.800. The molecule has 0 bridgehead atoms. The second-order valence-electron chi connectivity index (χ2n) is 4.21. The zero-order chi connectivity index (χ0) is 12.5. The first kappa shape index (κ1) is 11.7. The minimum absolute atomic E-state index is 0.365. The molecule has 18 heavy (non-hydrogen) atoms. The van der Waals surface area contributed by atoms with E-state index in [4.69, 9.17) is 0 Å². The molecule has 2 aromatic rings. The zero-order valence-electron chi connectivity index (χ0n) is 9.82. The molecular weight excluding hydrogens is 264 g/mol. The van der Waals surface area contributed by atoms with Gasteiger partial charge in [0.2, 0.25) is 0 Å². The molecule has 0 spiro atoms. The van der Waals surface area contributed by atoms with Crippen molar-refractivity contribution < 1.29 is 0 Å². The fourth-order valence-electron chi connectivity index (χ4n) is 1.91. The van der Waals surface area contributed by atoms with Crippen LogP contribution in [0.4, 0.5) is 0 Å². The monoisotopic (exact) mass is 276 g/mol. The van der Waals surface area contributed by atoms with Crippen LogP contribution in [0.15, 0.2) is 41.1 Å². The molecule has 0 aliphatic carbocycles. The Hall–Kier alpha value is -1.40. The Morgan fingerprint density at radius 1 is 1.39 bits per heavy atom. The molecule has 0 aromatic carbocycles. The number of hydrogen-bond acceptors (Lipinski definition) is 4. The van der Waals surface area contributed by atoms with Crippen LogP contribution in [-0.4, -0.2) is 20.3 Å². The van der Waals surface area contributed by atoms with Crippen molar-refractivity contribution >= 4 is 34.7 Å². The van der Waals surface area contributed by atoms with Crippen molar-refractivity contribution in [1.29, 1.82) is 0 Å². The van der Waals surface area contributed by atoms with Gasteiger partial charge >= 0.3 is 0 Å². The van der Waals surface area contributed by atoms with E-state index < -0.39 is 0 Å². The van der Waals surface area contributed by atoms with Crippen LogP contribution in [0.2, 0.25) is 0 Å². The molecule has 6 heteroatoms. The number of hydrogen-bond donors (Lipinski definition) is 1. The van der Waals surface area contributed by atoms with Crippen molar-refractivity contribution in [3.8, 4) is 5.00 Å². The topological polar surface area (TPSA) is 42.5 Å². The molecule has 1 aliphatic heterocycles. The molecule has 4 nitrogen and oxygen atoms in total. The van der Waals surface area contributed by atoms with E-state index in [2.05, 4.69) is 46.9 Å². The quantitative estimate of drug-likeness (QED) is 0.842. The standard InChI is InChI=1S/C12H12N4S2/c1-8-6-10(17)14-15-12(8)9-2-3-11(18-9)16-5-4-13-7-16/h2-5,7-8H,6H2,1H3,(H,14,17). The SMILES string of the molecule is CC1CC(S)=NN=C1c1ccc(-n2ccnc2)s1. The molecule has 0 saturated carbocycles. The fourth-order valence-corrected chi connectivity index (χ4v) is 3.28. The summed E-state index contributed by atoms with van der Waals surface area (Å²) >= 11 is 5.96. The van der Waals surface area contributed by atoms with E-state index in [0.717, 1.165) is 27.1 Å². The van der Waals surface area contributed by atoms with Crippen molar-refractivity contribution in [1.82, 2.24) is 9.55 Å². The van der Waals surface area contributed by atoms with Crippen LogP contribution in [0.3, 0.4) is 0 Å². The molecule has 2 aromatic heterocycles. The van der Waals surface area contributed by atoms with Crippen molar-refractivity contribution in [2.45, 2.75) is 13.3 Å². The van der Waals surface area contributed by atoms with Crippen molar-refractivity contribution in [2.75, 3.05) is 0 Å². The highest BCUT2D eigenvalue weighted by molar-refractivity contribution is 7.97. The lowest BCUT2D eigenvalue weighted by Crippen LogP contribution is -2.17. The summed E-state index contributed by atoms with van der Waals surface area (Å²) in [5.74, 6) is 0.365. The summed E-state index contributed by atoms with van der Waals surface area (Å²) in [6, 6.07) is 4.17.